The van der Waals surface area contributed by atoms with E-state index in [1.165, 1.54) is 0 Å². The molecule has 0 aliphatic carbocycles. The van der Waals surface area contributed by atoms with Crippen LogP contribution in [0.5, 0.6) is 0 Å². The fourth-order valence-corrected chi connectivity index (χ4v) is 0.748. The van der Waals surface area contributed by atoms with Crippen LogP contribution in [0.3, 0.4) is 0 Å². The molecule has 1 N–H and O–H groups in total. The number of carboxylic acids is 1. The van der Waals surface area contributed by atoms with E-state index < -0.39 is 23.1 Å². The van der Waals surface area contributed by atoms with Crippen molar-refractivity contribution in [2.24, 2.45) is 5.41 Å². The van der Waals surface area contributed by atoms with E-state index in [1.807, 2.05) is 0 Å². The van der Waals surface area contributed by atoms with Crippen LogP contribution in [-0.4, -0.2) is 22.8 Å². The van der Waals surface area contributed by atoms with Crippen LogP contribution in [-0.2, 0) is 14.6 Å². The summed E-state index contributed by atoms with van der Waals surface area (Å²) in [5.74, 6) is -1.01. The molecule has 0 aromatic rings. The summed E-state index contributed by atoms with van der Waals surface area (Å²) in [6, 6.07) is 0. The Bertz CT molecular complexity index is 197. The topological polar surface area (TPSA) is 55.8 Å². The second-order valence-corrected chi connectivity index (χ2v) is 5.38. The van der Waals surface area contributed by atoms with Gasteiger partial charge in [-0.2, -0.15) is 0 Å². The third kappa shape index (κ3) is 5.19. The Labute approximate surface area is 85.1 Å². The largest absolute Gasteiger partial charge is 0.479 e. The Hall–Kier alpha value is -0.610. The SMILES string of the molecule is CC(C)(C)OOC(C(=O)O)C(C)(C)C. The van der Waals surface area contributed by atoms with E-state index in [-0.39, 0.29) is 0 Å². The molecule has 0 aliphatic rings. The fraction of sp³-hybridized carbons (Fsp3) is 0.900. The second-order valence-electron chi connectivity index (χ2n) is 5.38. The molecule has 4 heteroatoms. The third-order valence-electron chi connectivity index (χ3n) is 1.41. The van der Waals surface area contributed by atoms with Crippen LogP contribution >= 0.6 is 0 Å². The normalized spacial score (nSPS) is 15.3. The maximum Gasteiger partial charge on any atom is 0.336 e. The lowest BCUT2D eigenvalue weighted by atomic mass is 9.89. The van der Waals surface area contributed by atoms with Crippen molar-refractivity contribution >= 4 is 5.97 Å². The summed E-state index contributed by atoms with van der Waals surface area (Å²) >= 11 is 0. The summed E-state index contributed by atoms with van der Waals surface area (Å²) < 4.78 is 0. The zero-order chi connectivity index (χ0) is 11.6. The van der Waals surface area contributed by atoms with Gasteiger partial charge in [0, 0.05) is 5.41 Å². The lowest BCUT2D eigenvalue weighted by molar-refractivity contribution is -0.379. The molecule has 0 saturated carbocycles. The van der Waals surface area contributed by atoms with Gasteiger partial charge in [-0.1, -0.05) is 20.8 Å². The maximum absolute atomic E-state index is 10.9. The summed E-state index contributed by atoms with van der Waals surface area (Å²) in [4.78, 5) is 20.8. The van der Waals surface area contributed by atoms with Gasteiger partial charge in [-0.3, -0.25) is 0 Å². The van der Waals surface area contributed by atoms with Crippen LogP contribution in [0.2, 0.25) is 0 Å². The molecular formula is C10H20O4. The number of hydrogen-bond acceptors (Lipinski definition) is 3. The lowest BCUT2D eigenvalue weighted by Crippen LogP contribution is -2.39. The molecule has 0 aliphatic heterocycles. The Morgan fingerprint density at radius 1 is 1.14 bits per heavy atom. The number of hydrogen-bond donors (Lipinski definition) is 1. The number of carbonyl (C=O) groups is 1. The molecule has 0 spiro atoms. The highest BCUT2D eigenvalue weighted by Crippen LogP contribution is 2.24. The molecule has 0 amide bonds. The zero-order valence-corrected chi connectivity index (χ0v) is 9.75. The Kier molecular flexibility index (Phi) is 4.09. The summed E-state index contributed by atoms with van der Waals surface area (Å²) in [6.45, 7) is 10.8. The van der Waals surface area contributed by atoms with Gasteiger partial charge in [0.05, 0.1) is 5.60 Å². The van der Waals surface area contributed by atoms with Crippen molar-refractivity contribution in [3.05, 3.63) is 0 Å². The molecule has 0 rings (SSSR count). The molecule has 1 atom stereocenters. The van der Waals surface area contributed by atoms with Crippen molar-refractivity contribution in [2.75, 3.05) is 0 Å². The first-order valence-corrected chi connectivity index (χ1v) is 4.61. The minimum Gasteiger partial charge on any atom is -0.479 e. The van der Waals surface area contributed by atoms with Gasteiger partial charge in [0.1, 0.15) is 0 Å². The molecule has 0 aromatic carbocycles. The summed E-state index contributed by atoms with van der Waals surface area (Å²) in [5, 5.41) is 8.90. The third-order valence-corrected chi connectivity index (χ3v) is 1.41. The highest BCUT2D eigenvalue weighted by Gasteiger charge is 2.34. The predicted molar refractivity (Wildman–Crippen MR) is 52.8 cm³/mol. The van der Waals surface area contributed by atoms with Gasteiger partial charge in [-0.05, 0) is 20.8 Å². The zero-order valence-electron chi connectivity index (χ0n) is 9.75. The number of rotatable bonds is 3. The average Bonchev–Trinajstić information content (AvgIpc) is 1.79. The van der Waals surface area contributed by atoms with E-state index in [1.54, 1.807) is 41.5 Å². The predicted octanol–water partition coefficient (Wildman–Crippen LogP) is 2.23. The van der Waals surface area contributed by atoms with Gasteiger partial charge in [-0.15, -0.1) is 0 Å². The molecular weight excluding hydrogens is 184 g/mol. The molecule has 84 valence electrons. The van der Waals surface area contributed by atoms with Crippen LogP contribution in [0, 0.1) is 5.41 Å². The van der Waals surface area contributed by atoms with Gasteiger partial charge >= 0.3 is 5.97 Å². The van der Waals surface area contributed by atoms with Gasteiger partial charge in [0.15, 0.2) is 6.10 Å². The summed E-state index contributed by atoms with van der Waals surface area (Å²) in [5.41, 5.74) is -0.990. The van der Waals surface area contributed by atoms with Gasteiger partial charge < -0.3 is 5.11 Å². The van der Waals surface area contributed by atoms with Gasteiger partial charge in [0.2, 0.25) is 0 Å². The lowest BCUT2D eigenvalue weighted by Gasteiger charge is -2.28. The van der Waals surface area contributed by atoms with E-state index >= 15 is 0 Å². The monoisotopic (exact) mass is 204 g/mol. The molecule has 0 aromatic heterocycles. The fourth-order valence-electron chi connectivity index (χ4n) is 0.748. The first-order chi connectivity index (χ1) is 6.04. The van der Waals surface area contributed by atoms with E-state index in [4.69, 9.17) is 14.9 Å². The molecule has 0 radical (unpaired) electrons. The van der Waals surface area contributed by atoms with Crippen molar-refractivity contribution in [1.82, 2.24) is 0 Å². The molecule has 14 heavy (non-hydrogen) atoms. The Morgan fingerprint density at radius 3 is 1.79 bits per heavy atom. The van der Waals surface area contributed by atoms with Crippen molar-refractivity contribution in [3.8, 4) is 0 Å². The minimum atomic E-state index is -1.01. The summed E-state index contributed by atoms with van der Waals surface area (Å²) in [6.07, 6.45) is -0.957. The second kappa shape index (κ2) is 4.28. The minimum absolute atomic E-state index is 0.489. The van der Waals surface area contributed by atoms with Crippen LogP contribution in [0.4, 0.5) is 0 Å². The van der Waals surface area contributed by atoms with E-state index in [2.05, 4.69) is 0 Å². The molecule has 4 nitrogen and oxygen atoms in total. The first-order valence-electron chi connectivity index (χ1n) is 4.61. The van der Waals surface area contributed by atoms with Crippen molar-refractivity contribution in [2.45, 2.75) is 53.2 Å². The van der Waals surface area contributed by atoms with E-state index in [0.717, 1.165) is 0 Å². The van der Waals surface area contributed by atoms with Gasteiger partial charge in [-0.25, -0.2) is 14.6 Å². The number of carboxylic acid groups (broad SMARTS) is 1. The highest BCUT2D eigenvalue weighted by molar-refractivity contribution is 5.73. The van der Waals surface area contributed by atoms with Crippen molar-refractivity contribution in [3.63, 3.8) is 0 Å². The van der Waals surface area contributed by atoms with Crippen LogP contribution in [0.25, 0.3) is 0 Å². The Morgan fingerprint density at radius 2 is 1.57 bits per heavy atom. The Balaban J connectivity index is 4.35. The average molecular weight is 204 g/mol. The number of aliphatic carboxylic acids is 1. The summed E-state index contributed by atoms with van der Waals surface area (Å²) in [7, 11) is 0. The smallest absolute Gasteiger partial charge is 0.336 e. The highest BCUT2D eigenvalue weighted by atomic mass is 17.2. The molecule has 0 fully saturated rings. The van der Waals surface area contributed by atoms with Crippen molar-refractivity contribution < 1.29 is 19.7 Å². The van der Waals surface area contributed by atoms with Gasteiger partial charge in [0.25, 0.3) is 0 Å². The van der Waals surface area contributed by atoms with Crippen molar-refractivity contribution in [1.29, 1.82) is 0 Å². The van der Waals surface area contributed by atoms with Crippen LogP contribution < -0.4 is 0 Å². The standard InChI is InChI=1S/C10H20O4/c1-9(2,3)7(8(11)12)13-14-10(4,5)6/h7H,1-6H3,(H,11,12). The molecule has 1 unspecified atom stereocenters. The molecule has 0 bridgehead atoms. The maximum atomic E-state index is 10.9. The van der Waals surface area contributed by atoms with Crippen LogP contribution in [0.15, 0.2) is 0 Å². The van der Waals surface area contributed by atoms with E-state index in [0.29, 0.717) is 0 Å². The molecule has 0 saturated heterocycles. The molecule has 0 heterocycles. The van der Waals surface area contributed by atoms with Crippen LogP contribution in [0.1, 0.15) is 41.5 Å². The van der Waals surface area contributed by atoms with E-state index in [9.17, 15) is 4.79 Å². The quantitative estimate of drug-likeness (QED) is 0.565. The first kappa shape index (κ1) is 13.4.